The number of ether oxygens (including phenoxy) is 2. The molecule has 0 saturated carbocycles. The van der Waals surface area contributed by atoms with Crippen LogP contribution in [-0.4, -0.2) is 27.4 Å². The van der Waals surface area contributed by atoms with E-state index in [1.54, 1.807) is 12.1 Å². The number of fused-ring (bicyclic) bond motifs is 1. The number of carbonyl (C=O) groups is 1. The molecule has 162 valence electrons. The number of hydrogen-bond acceptors (Lipinski definition) is 5. The molecule has 1 unspecified atom stereocenters. The summed E-state index contributed by atoms with van der Waals surface area (Å²) < 4.78 is 13.4. The van der Waals surface area contributed by atoms with Crippen molar-refractivity contribution in [3.63, 3.8) is 0 Å². The minimum absolute atomic E-state index is 0.0227. The summed E-state index contributed by atoms with van der Waals surface area (Å²) in [6.07, 6.45) is 0. The number of carboxylic acids is 1. The largest absolute Gasteiger partial charge is 0.476 e. The van der Waals surface area contributed by atoms with Gasteiger partial charge in [-0.3, -0.25) is 0 Å². The Bertz CT molecular complexity index is 1140. The minimum Gasteiger partial charge on any atom is -0.476 e. The van der Waals surface area contributed by atoms with Gasteiger partial charge in [0.25, 0.3) is 0 Å². The predicted molar refractivity (Wildman–Crippen MR) is 121 cm³/mol. The molecule has 0 aliphatic carbocycles. The lowest BCUT2D eigenvalue weighted by molar-refractivity contribution is 0.0689. The highest BCUT2D eigenvalue weighted by atomic mass is 79.9. The van der Waals surface area contributed by atoms with Gasteiger partial charge in [0.2, 0.25) is 6.79 Å². The Hall–Kier alpha value is -2.71. The molecule has 1 aliphatic heterocycles. The first-order valence-electron chi connectivity index (χ1n) is 9.69. The number of imidazole rings is 1. The van der Waals surface area contributed by atoms with E-state index in [0.29, 0.717) is 21.2 Å². The molecule has 0 fully saturated rings. The van der Waals surface area contributed by atoms with Gasteiger partial charge < -0.3 is 24.5 Å². The quantitative estimate of drug-likeness (QED) is 0.438. The lowest BCUT2D eigenvalue weighted by Crippen LogP contribution is -2.21. The molecule has 0 bridgehead atoms. The third-order valence-corrected chi connectivity index (χ3v) is 5.88. The summed E-state index contributed by atoms with van der Waals surface area (Å²) in [5.41, 5.74) is 3.05. The van der Waals surface area contributed by atoms with E-state index in [1.165, 1.54) is 0 Å². The van der Waals surface area contributed by atoms with Crippen molar-refractivity contribution in [2.24, 2.45) is 0 Å². The van der Waals surface area contributed by atoms with Crippen LogP contribution in [0.1, 0.15) is 53.2 Å². The third-order valence-electron chi connectivity index (χ3n) is 5.07. The number of aromatic nitrogens is 2. The SMILES string of the molecule is Cc1cc(NC(c2ccc(Cl)cc2)c2c(C(=O)O)nc(Br)n2C(C)C)cc2c1OCO2. The number of nitrogens with one attached hydrogen (secondary N) is 1. The first-order valence-corrected chi connectivity index (χ1v) is 10.9. The zero-order chi connectivity index (χ0) is 22.3. The fraction of sp³-hybridized carbons (Fsp3) is 0.273. The van der Waals surface area contributed by atoms with Crippen LogP contribution < -0.4 is 14.8 Å². The van der Waals surface area contributed by atoms with Gasteiger partial charge in [-0.15, -0.1) is 0 Å². The summed E-state index contributed by atoms with van der Waals surface area (Å²) in [5.74, 6) is 0.266. The van der Waals surface area contributed by atoms with Crippen molar-refractivity contribution in [2.75, 3.05) is 12.1 Å². The molecule has 7 nitrogen and oxygen atoms in total. The highest BCUT2D eigenvalue weighted by Crippen LogP contribution is 2.40. The number of anilines is 1. The van der Waals surface area contributed by atoms with Crippen molar-refractivity contribution < 1.29 is 19.4 Å². The zero-order valence-electron chi connectivity index (χ0n) is 17.1. The van der Waals surface area contributed by atoms with Gasteiger partial charge in [0.1, 0.15) is 0 Å². The molecule has 0 spiro atoms. The molecule has 2 N–H and O–H groups in total. The van der Waals surface area contributed by atoms with Gasteiger partial charge in [0.15, 0.2) is 21.9 Å². The van der Waals surface area contributed by atoms with Crippen molar-refractivity contribution in [3.8, 4) is 11.5 Å². The van der Waals surface area contributed by atoms with Gasteiger partial charge in [0, 0.05) is 22.8 Å². The summed E-state index contributed by atoms with van der Waals surface area (Å²) >= 11 is 9.53. The maximum Gasteiger partial charge on any atom is 0.356 e. The topological polar surface area (TPSA) is 85.6 Å². The fourth-order valence-corrected chi connectivity index (χ4v) is 4.65. The Balaban J connectivity index is 1.88. The number of aryl methyl sites for hydroxylation is 1. The van der Waals surface area contributed by atoms with Gasteiger partial charge in [-0.25, -0.2) is 9.78 Å². The monoisotopic (exact) mass is 505 g/mol. The summed E-state index contributed by atoms with van der Waals surface area (Å²) in [6.45, 7) is 6.07. The summed E-state index contributed by atoms with van der Waals surface area (Å²) in [7, 11) is 0. The Labute approximate surface area is 193 Å². The van der Waals surface area contributed by atoms with E-state index < -0.39 is 12.0 Å². The van der Waals surface area contributed by atoms with Crippen molar-refractivity contribution in [1.82, 2.24) is 9.55 Å². The third kappa shape index (κ3) is 4.09. The van der Waals surface area contributed by atoms with E-state index in [9.17, 15) is 9.90 Å². The van der Waals surface area contributed by atoms with E-state index in [4.69, 9.17) is 21.1 Å². The lowest BCUT2D eigenvalue weighted by atomic mass is 10.0. The Morgan fingerprint density at radius 3 is 2.61 bits per heavy atom. The van der Waals surface area contributed by atoms with Crippen LogP contribution in [0.5, 0.6) is 11.5 Å². The van der Waals surface area contributed by atoms with Gasteiger partial charge >= 0.3 is 5.97 Å². The average Bonchev–Trinajstić information content (AvgIpc) is 3.31. The second kappa shape index (κ2) is 8.43. The maximum absolute atomic E-state index is 12.1. The second-order valence-corrected chi connectivity index (χ2v) is 8.69. The number of rotatable bonds is 6. The predicted octanol–water partition coefficient (Wildman–Crippen LogP) is 5.82. The zero-order valence-corrected chi connectivity index (χ0v) is 19.5. The number of aromatic carboxylic acids is 1. The second-order valence-electron chi connectivity index (χ2n) is 7.54. The smallest absolute Gasteiger partial charge is 0.356 e. The first kappa shape index (κ1) is 21.5. The van der Waals surface area contributed by atoms with Crippen LogP contribution in [0.15, 0.2) is 41.1 Å². The fourth-order valence-electron chi connectivity index (χ4n) is 3.74. The van der Waals surface area contributed by atoms with Gasteiger partial charge in [-0.2, -0.15) is 0 Å². The molecule has 0 radical (unpaired) electrons. The van der Waals surface area contributed by atoms with Crippen molar-refractivity contribution in [1.29, 1.82) is 0 Å². The Morgan fingerprint density at radius 1 is 1.26 bits per heavy atom. The maximum atomic E-state index is 12.1. The number of carboxylic acid groups (broad SMARTS) is 1. The van der Waals surface area contributed by atoms with Crippen LogP contribution in [0, 0.1) is 6.92 Å². The molecule has 3 aromatic rings. The van der Waals surface area contributed by atoms with Crippen molar-refractivity contribution >= 4 is 39.2 Å². The van der Waals surface area contributed by atoms with Crippen LogP contribution >= 0.6 is 27.5 Å². The summed E-state index contributed by atoms with van der Waals surface area (Å²) in [6, 6.07) is 10.6. The normalized spacial score (nSPS) is 13.5. The Kier molecular flexibility index (Phi) is 5.85. The first-order chi connectivity index (χ1) is 14.8. The molecule has 9 heteroatoms. The lowest BCUT2D eigenvalue weighted by Gasteiger charge is -2.25. The molecule has 1 aromatic heterocycles. The number of nitrogens with zero attached hydrogens (tertiary/aromatic N) is 2. The van der Waals surface area contributed by atoms with Crippen LogP contribution in [0.2, 0.25) is 5.02 Å². The van der Waals surface area contributed by atoms with Gasteiger partial charge in [0.05, 0.1) is 11.7 Å². The van der Waals surface area contributed by atoms with Crippen LogP contribution in [-0.2, 0) is 0 Å². The van der Waals surface area contributed by atoms with E-state index in [2.05, 4.69) is 26.2 Å². The van der Waals surface area contributed by atoms with E-state index >= 15 is 0 Å². The molecule has 2 aromatic carbocycles. The van der Waals surface area contributed by atoms with Gasteiger partial charge in [-0.1, -0.05) is 23.7 Å². The molecule has 2 heterocycles. The van der Waals surface area contributed by atoms with Crippen LogP contribution in [0.3, 0.4) is 0 Å². The minimum atomic E-state index is -1.10. The molecular weight excluding hydrogens is 486 g/mol. The van der Waals surface area contributed by atoms with Gasteiger partial charge in [-0.05, 0) is 66.0 Å². The Morgan fingerprint density at radius 2 is 1.97 bits per heavy atom. The number of halogens is 2. The average molecular weight is 507 g/mol. The standard InChI is InChI=1S/C22H21BrClN3O4/c1-11(2)27-19(18(21(28)29)26-22(27)23)17(13-4-6-14(24)7-5-13)25-15-8-12(3)20-16(9-15)30-10-31-20/h4-9,11,17,25H,10H2,1-3H3,(H,28,29). The van der Waals surface area contributed by atoms with E-state index in [0.717, 1.165) is 22.6 Å². The highest BCUT2D eigenvalue weighted by molar-refractivity contribution is 9.10. The molecule has 4 rings (SSSR count). The van der Waals surface area contributed by atoms with Crippen LogP contribution in [0.4, 0.5) is 5.69 Å². The highest BCUT2D eigenvalue weighted by Gasteiger charge is 2.30. The molecular formula is C22H21BrClN3O4. The number of hydrogen-bond donors (Lipinski definition) is 2. The summed E-state index contributed by atoms with van der Waals surface area (Å²) in [4.78, 5) is 16.4. The molecule has 1 atom stereocenters. The van der Waals surface area contributed by atoms with Crippen LogP contribution in [0.25, 0.3) is 0 Å². The molecule has 0 amide bonds. The van der Waals surface area contributed by atoms with Crippen molar-refractivity contribution in [2.45, 2.75) is 32.9 Å². The molecule has 0 saturated heterocycles. The number of benzene rings is 2. The summed E-state index contributed by atoms with van der Waals surface area (Å²) in [5, 5.41) is 14.0. The molecule has 1 aliphatic rings. The van der Waals surface area contributed by atoms with E-state index in [1.807, 2.05) is 49.6 Å². The van der Waals surface area contributed by atoms with E-state index in [-0.39, 0.29) is 18.5 Å². The van der Waals surface area contributed by atoms with Crippen molar-refractivity contribution in [3.05, 3.63) is 68.7 Å². The molecule has 31 heavy (non-hydrogen) atoms.